The number of hydrogen-bond acceptors (Lipinski definition) is 4. The first-order valence-corrected chi connectivity index (χ1v) is 10.2. The number of anilines is 1. The van der Waals surface area contributed by atoms with E-state index < -0.39 is 6.10 Å². The van der Waals surface area contributed by atoms with Crippen molar-refractivity contribution < 1.29 is 9.13 Å². The Kier molecular flexibility index (Phi) is 3.93. The van der Waals surface area contributed by atoms with Crippen LogP contribution in [0.2, 0.25) is 0 Å². The van der Waals surface area contributed by atoms with E-state index in [1.54, 1.807) is 12.1 Å². The molecule has 0 saturated heterocycles. The summed E-state index contributed by atoms with van der Waals surface area (Å²) >= 11 is 0. The lowest BCUT2D eigenvalue weighted by Crippen LogP contribution is -2.32. The Balaban J connectivity index is 1.66. The molecule has 0 saturated carbocycles. The fourth-order valence-corrected chi connectivity index (χ4v) is 4.49. The molecule has 0 amide bonds. The first kappa shape index (κ1) is 17.9. The molecule has 1 N–H and O–H groups in total. The number of aromatic nitrogens is 3. The van der Waals surface area contributed by atoms with Crippen LogP contribution >= 0.6 is 0 Å². The summed E-state index contributed by atoms with van der Waals surface area (Å²) in [4.78, 5) is 4.43. The quantitative estimate of drug-likeness (QED) is 0.488. The minimum Gasteiger partial charge on any atom is -0.480 e. The van der Waals surface area contributed by atoms with Gasteiger partial charge in [-0.15, -0.1) is 0 Å². The zero-order valence-corrected chi connectivity index (χ0v) is 16.8. The highest BCUT2D eigenvalue weighted by molar-refractivity contribution is 5.85. The molecule has 0 spiro atoms. The van der Waals surface area contributed by atoms with Gasteiger partial charge in [0.05, 0.1) is 5.70 Å². The van der Waals surface area contributed by atoms with Gasteiger partial charge in [0, 0.05) is 16.7 Å². The summed E-state index contributed by atoms with van der Waals surface area (Å²) in [6.45, 7) is 2.05. The first-order valence-electron chi connectivity index (χ1n) is 10.2. The van der Waals surface area contributed by atoms with Crippen molar-refractivity contribution in [3.63, 3.8) is 0 Å². The summed E-state index contributed by atoms with van der Waals surface area (Å²) in [5.41, 5.74) is 5.39. The van der Waals surface area contributed by atoms with E-state index in [9.17, 15) is 4.39 Å². The molecule has 2 aliphatic heterocycles. The highest BCUT2D eigenvalue weighted by atomic mass is 19.1. The van der Waals surface area contributed by atoms with Crippen LogP contribution in [0.25, 0.3) is 5.70 Å². The second-order valence-corrected chi connectivity index (χ2v) is 7.82. The predicted molar refractivity (Wildman–Crippen MR) is 116 cm³/mol. The summed E-state index contributed by atoms with van der Waals surface area (Å²) in [5, 5.41) is 7.94. The molecule has 5 nitrogen and oxygen atoms in total. The van der Waals surface area contributed by atoms with Gasteiger partial charge in [-0.1, -0.05) is 60.2 Å². The molecule has 2 atom stereocenters. The number of nitrogens with zero attached hydrogens (tertiary/aromatic N) is 3. The molecule has 1 aromatic heterocycles. The van der Waals surface area contributed by atoms with Gasteiger partial charge in [0.1, 0.15) is 23.9 Å². The van der Waals surface area contributed by atoms with Crippen LogP contribution in [0, 0.1) is 12.7 Å². The van der Waals surface area contributed by atoms with Crippen LogP contribution in [0.3, 0.4) is 0 Å². The molecule has 3 heterocycles. The van der Waals surface area contributed by atoms with E-state index in [0.717, 1.165) is 28.0 Å². The topological polar surface area (TPSA) is 52.0 Å². The van der Waals surface area contributed by atoms with Crippen molar-refractivity contribution in [3.05, 3.63) is 113 Å². The molecule has 0 radical (unpaired) electrons. The van der Waals surface area contributed by atoms with Crippen LogP contribution in [-0.2, 0) is 0 Å². The van der Waals surface area contributed by atoms with Gasteiger partial charge in [-0.3, -0.25) is 0 Å². The summed E-state index contributed by atoms with van der Waals surface area (Å²) < 4.78 is 23.3. The van der Waals surface area contributed by atoms with E-state index in [4.69, 9.17) is 4.74 Å². The Bertz CT molecular complexity index is 1330. The summed E-state index contributed by atoms with van der Waals surface area (Å²) in [6, 6.07) is 22.6. The minimum absolute atomic E-state index is 0.284. The Labute approximate surface area is 178 Å². The molecule has 0 bridgehead atoms. The molecule has 6 heteroatoms. The van der Waals surface area contributed by atoms with Crippen molar-refractivity contribution >= 4 is 11.6 Å². The molecular weight excluding hydrogens is 391 g/mol. The third-order valence-electron chi connectivity index (χ3n) is 5.87. The molecular formula is C25H19FN4O. The maximum absolute atomic E-state index is 15.0. The lowest BCUT2D eigenvalue weighted by atomic mass is 9.84. The van der Waals surface area contributed by atoms with Crippen LogP contribution < -0.4 is 10.1 Å². The summed E-state index contributed by atoms with van der Waals surface area (Å²) in [5.74, 6) is 1.06. The van der Waals surface area contributed by atoms with Gasteiger partial charge < -0.3 is 10.1 Å². The smallest absolute Gasteiger partial charge is 0.226 e. The Morgan fingerprint density at radius 1 is 1.00 bits per heavy atom. The lowest BCUT2D eigenvalue weighted by Gasteiger charge is -2.39. The van der Waals surface area contributed by atoms with Crippen LogP contribution in [0.1, 0.15) is 34.4 Å². The van der Waals surface area contributed by atoms with E-state index in [2.05, 4.69) is 33.6 Å². The number of rotatable bonds is 2. The highest BCUT2D eigenvalue weighted by Crippen LogP contribution is 2.50. The fraction of sp³-hybridized carbons (Fsp3) is 0.120. The van der Waals surface area contributed by atoms with Crippen LogP contribution in [-0.4, -0.2) is 14.8 Å². The lowest BCUT2D eigenvalue weighted by molar-refractivity contribution is 0.218. The number of fused-ring (bicyclic) bond motifs is 3. The Morgan fingerprint density at radius 3 is 2.65 bits per heavy atom. The van der Waals surface area contributed by atoms with E-state index in [1.807, 2.05) is 48.0 Å². The van der Waals surface area contributed by atoms with Crippen molar-refractivity contribution in [1.82, 2.24) is 14.8 Å². The zero-order valence-electron chi connectivity index (χ0n) is 16.8. The zero-order chi connectivity index (χ0) is 20.9. The Morgan fingerprint density at radius 2 is 1.81 bits per heavy atom. The average Bonchev–Trinajstić information content (AvgIpc) is 3.27. The molecule has 4 aromatic rings. The highest BCUT2D eigenvalue weighted by Gasteiger charge is 2.41. The maximum Gasteiger partial charge on any atom is 0.226 e. The summed E-state index contributed by atoms with van der Waals surface area (Å²) in [6.07, 6.45) is 0.925. The number of nitrogens with one attached hydrogen (secondary N) is 1. The SMILES string of the molecule is Cc1ccc2c(c1)C1=C([C@@H](c3ccccc3F)O2)[C@@H](c2ccccc2)n2ncnc2N1. The van der Waals surface area contributed by atoms with Crippen molar-refractivity contribution in [1.29, 1.82) is 0 Å². The van der Waals surface area contributed by atoms with Crippen LogP contribution in [0.5, 0.6) is 5.75 Å². The normalized spacial score (nSPS) is 19.0. The number of aryl methyl sites for hydroxylation is 1. The van der Waals surface area contributed by atoms with Gasteiger partial charge in [0.2, 0.25) is 5.95 Å². The number of hydrogen-bond donors (Lipinski definition) is 1. The average molecular weight is 410 g/mol. The summed E-state index contributed by atoms with van der Waals surface area (Å²) in [7, 11) is 0. The second-order valence-electron chi connectivity index (χ2n) is 7.82. The van der Waals surface area contributed by atoms with Crippen LogP contribution in [0.4, 0.5) is 10.3 Å². The van der Waals surface area contributed by atoms with Gasteiger partial charge >= 0.3 is 0 Å². The largest absolute Gasteiger partial charge is 0.480 e. The number of halogens is 1. The molecule has 3 aromatic carbocycles. The van der Waals surface area contributed by atoms with E-state index in [1.165, 1.54) is 12.4 Å². The monoisotopic (exact) mass is 410 g/mol. The molecule has 6 rings (SSSR count). The molecule has 2 aliphatic rings. The predicted octanol–water partition coefficient (Wildman–Crippen LogP) is 5.29. The van der Waals surface area contributed by atoms with Crippen molar-refractivity contribution in [2.75, 3.05) is 5.32 Å². The van der Waals surface area contributed by atoms with E-state index in [-0.39, 0.29) is 11.9 Å². The maximum atomic E-state index is 15.0. The second kappa shape index (κ2) is 6.80. The molecule has 31 heavy (non-hydrogen) atoms. The van der Waals surface area contributed by atoms with Gasteiger partial charge in [0.25, 0.3) is 0 Å². The fourth-order valence-electron chi connectivity index (χ4n) is 4.49. The van der Waals surface area contributed by atoms with E-state index >= 15 is 0 Å². The third kappa shape index (κ3) is 2.75. The van der Waals surface area contributed by atoms with Gasteiger partial charge in [0.15, 0.2) is 6.10 Å². The third-order valence-corrected chi connectivity index (χ3v) is 5.87. The molecule has 0 fully saturated rings. The molecule has 152 valence electrons. The first-order chi connectivity index (χ1) is 15.2. The van der Waals surface area contributed by atoms with Crippen molar-refractivity contribution in [2.45, 2.75) is 19.1 Å². The number of benzene rings is 3. The number of ether oxygens (including phenoxy) is 1. The van der Waals surface area contributed by atoms with Crippen molar-refractivity contribution in [3.8, 4) is 5.75 Å². The molecule has 0 unspecified atom stereocenters. The van der Waals surface area contributed by atoms with Crippen LogP contribution in [0.15, 0.2) is 84.7 Å². The Hall–Kier alpha value is -3.93. The minimum atomic E-state index is -0.610. The van der Waals surface area contributed by atoms with Gasteiger partial charge in [-0.05, 0) is 30.7 Å². The van der Waals surface area contributed by atoms with E-state index in [0.29, 0.717) is 17.3 Å². The molecule has 0 aliphatic carbocycles. The van der Waals surface area contributed by atoms with Crippen molar-refractivity contribution in [2.24, 2.45) is 0 Å². The standard InChI is InChI=1S/C25H19FN4O/c1-15-11-12-20-18(13-15)22-21(24(31-20)17-9-5-6-10-19(17)26)23(16-7-3-2-4-8-16)30-25(29-22)27-14-28-30/h2-14,23-24H,1H3,(H,27,28,29)/t23-,24-/m1/s1. The van der Waals surface area contributed by atoms with Gasteiger partial charge in [-0.2, -0.15) is 10.1 Å². The van der Waals surface area contributed by atoms with Gasteiger partial charge in [-0.25, -0.2) is 9.07 Å².